The molecule has 1 aromatic carbocycles. The summed E-state index contributed by atoms with van der Waals surface area (Å²) in [6.45, 7) is 3.81. The van der Waals surface area contributed by atoms with Crippen molar-refractivity contribution >= 4 is 5.69 Å². The summed E-state index contributed by atoms with van der Waals surface area (Å²) in [5.74, 6) is 0. The second-order valence-electron chi connectivity index (χ2n) is 4.81. The molecule has 2 aromatic rings. The van der Waals surface area contributed by atoms with Gasteiger partial charge in [0.15, 0.2) is 0 Å². The van der Waals surface area contributed by atoms with E-state index in [1.807, 2.05) is 32.0 Å². The zero-order chi connectivity index (χ0) is 14.5. The highest BCUT2D eigenvalue weighted by molar-refractivity contribution is 5.54. The van der Waals surface area contributed by atoms with Gasteiger partial charge in [0.25, 0.3) is 0 Å². The fourth-order valence-corrected chi connectivity index (χ4v) is 2.06. The Morgan fingerprint density at radius 1 is 1.25 bits per heavy atom. The lowest BCUT2D eigenvalue weighted by Crippen LogP contribution is -2.20. The van der Waals surface area contributed by atoms with Crippen LogP contribution in [0.5, 0.6) is 0 Å². The molecule has 1 aromatic heterocycles. The molecule has 0 radical (unpaired) electrons. The average Bonchev–Trinajstić information content (AvgIpc) is 2.42. The van der Waals surface area contributed by atoms with Crippen LogP contribution in [0.15, 0.2) is 42.7 Å². The summed E-state index contributed by atoms with van der Waals surface area (Å²) in [6, 6.07) is 9.26. The molecular weight excluding hydrogens is 254 g/mol. The van der Waals surface area contributed by atoms with Crippen LogP contribution in [-0.4, -0.2) is 16.5 Å². The highest BCUT2D eigenvalue weighted by atomic mass is 16.6. The molecule has 5 heteroatoms. The van der Waals surface area contributed by atoms with Crippen LogP contribution in [0.1, 0.15) is 22.7 Å². The zero-order valence-electron chi connectivity index (χ0n) is 11.5. The molecule has 0 bridgehead atoms. The minimum atomic E-state index is -0.367. The largest absolute Gasteiger partial charge is 0.372 e. The number of aryl methyl sites for hydroxylation is 2. The van der Waals surface area contributed by atoms with Crippen molar-refractivity contribution < 1.29 is 4.92 Å². The summed E-state index contributed by atoms with van der Waals surface area (Å²) in [5.41, 5.74) is 3.97. The van der Waals surface area contributed by atoms with E-state index in [0.29, 0.717) is 0 Å². The van der Waals surface area contributed by atoms with Gasteiger partial charge in [0.05, 0.1) is 0 Å². The molecule has 0 saturated carbocycles. The first-order chi connectivity index (χ1) is 9.56. The monoisotopic (exact) mass is 271 g/mol. The zero-order valence-corrected chi connectivity index (χ0v) is 11.5. The van der Waals surface area contributed by atoms with Gasteiger partial charge in [-0.3, -0.25) is 15.1 Å². The fraction of sp³-hybridized carbons (Fsp3) is 0.267. The lowest BCUT2D eigenvalue weighted by molar-refractivity contribution is -0.482. The number of anilines is 1. The lowest BCUT2D eigenvalue weighted by atomic mass is 10.1. The Morgan fingerprint density at radius 3 is 2.60 bits per heavy atom. The van der Waals surface area contributed by atoms with Gasteiger partial charge in [-0.05, 0) is 48.7 Å². The van der Waals surface area contributed by atoms with E-state index in [1.165, 1.54) is 0 Å². The molecule has 1 N–H and O–H groups in total. The Hall–Kier alpha value is -2.43. The van der Waals surface area contributed by atoms with Crippen LogP contribution in [0.2, 0.25) is 0 Å². The highest BCUT2D eigenvalue weighted by Crippen LogP contribution is 2.23. The van der Waals surface area contributed by atoms with Crippen molar-refractivity contribution in [2.24, 2.45) is 0 Å². The van der Waals surface area contributed by atoms with Crippen LogP contribution in [-0.2, 0) is 0 Å². The summed E-state index contributed by atoms with van der Waals surface area (Å²) >= 11 is 0. The SMILES string of the molecule is Cc1ccc(C)c(NC(C[N+](=O)[O-])c2ccncc2)c1. The Labute approximate surface area is 117 Å². The van der Waals surface area contributed by atoms with E-state index in [2.05, 4.69) is 10.3 Å². The first-order valence-electron chi connectivity index (χ1n) is 6.42. The molecule has 0 amide bonds. The maximum atomic E-state index is 10.9. The van der Waals surface area contributed by atoms with Crippen molar-refractivity contribution in [3.63, 3.8) is 0 Å². The summed E-state index contributed by atoms with van der Waals surface area (Å²) < 4.78 is 0. The first-order valence-corrected chi connectivity index (χ1v) is 6.42. The number of aromatic nitrogens is 1. The number of hydrogen-bond donors (Lipinski definition) is 1. The van der Waals surface area contributed by atoms with Gasteiger partial charge in [0.1, 0.15) is 6.04 Å². The van der Waals surface area contributed by atoms with Crippen molar-refractivity contribution in [1.29, 1.82) is 0 Å². The quantitative estimate of drug-likeness (QED) is 0.670. The molecule has 1 unspecified atom stereocenters. The van der Waals surface area contributed by atoms with E-state index in [4.69, 9.17) is 0 Å². The summed E-state index contributed by atoms with van der Waals surface area (Å²) in [7, 11) is 0. The number of hydrogen-bond acceptors (Lipinski definition) is 4. The van der Waals surface area contributed by atoms with E-state index in [1.54, 1.807) is 24.5 Å². The predicted octanol–water partition coefficient (Wildman–Crippen LogP) is 3.13. The van der Waals surface area contributed by atoms with Crippen molar-refractivity contribution in [2.45, 2.75) is 19.9 Å². The van der Waals surface area contributed by atoms with Crippen molar-refractivity contribution in [2.75, 3.05) is 11.9 Å². The predicted molar refractivity (Wildman–Crippen MR) is 78.4 cm³/mol. The minimum Gasteiger partial charge on any atom is -0.372 e. The normalized spacial score (nSPS) is 11.9. The van der Waals surface area contributed by atoms with Crippen LogP contribution >= 0.6 is 0 Å². The molecule has 0 aliphatic rings. The average molecular weight is 271 g/mol. The molecule has 1 heterocycles. The molecule has 0 fully saturated rings. The number of pyridine rings is 1. The van der Waals surface area contributed by atoms with Gasteiger partial charge in [-0.15, -0.1) is 0 Å². The van der Waals surface area contributed by atoms with Gasteiger partial charge in [-0.2, -0.15) is 0 Å². The summed E-state index contributed by atoms with van der Waals surface area (Å²) in [6.07, 6.45) is 3.29. The molecule has 0 spiro atoms. The van der Waals surface area contributed by atoms with Crippen molar-refractivity contribution in [3.8, 4) is 0 Å². The Balaban J connectivity index is 2.28. The second-order valence-corrected chi connectivity index (χ2v) is 4.81. The van der Waals surface area contributed by atoms with E-state index in [-0.39, 0.29) is 17.5 Å². The molecular formula is C15H17N3O2. The number of nitro groups is 1. The van der Waals surface area contributed by atoms with E-state index in [9.17, 15) is 10.1 Å². The van der Waals surface area contributed by atoms with Gasteiger partial charge in [0.2, 0.25) is 6.54 Å². The first kappa shape index (κ1) is 14.0. The van der Waals surface area contributed by atoms with E-state index < -0.39 is 0 Å². The summed E-state index contributed by atoms with van der Waals surface area (Å²) in [4.78, 5) is 14.5. The molecule has 2 rings (SSSR count). The van der Waals surface area contributed by atoms with Gasteiger partial charge < -0.3 is 5.32 Å². The third-order valence-corrected chi connectivity index (χ3v) is 3.16. The van der Waals surface area contributed by atoms with Crippen LogP contribution in [0.3, 0.4) is 0 Å². The Kier molecular flexibility index (Phi) is 4.30. The van der Waals surface area contributed by atoms with Gasteiger partial charge >= 0.3 is 0 Å². The smallest absolute Gasteiger partial charge is 0.227 e. The van der Waals surface area contributed by atoms with Gasteiger partial charge in [-0.25, -0.2) is 0 Å². The Morgan fingerprint density at radius 2 is 1.95 bits per heavy atom. The highest BCUT2D eigenvalue weighted by Gasteiger charge is 2.18. The van der Waals surface area contributed by atoms with Crippen molar-refractivity contribution in [1.82, 2.24) is 4.98 Å². The maximum Gasteiger partial charge on any atom is 0.227 e. The standard InChI is InChI=1S/C15H17N3O2/c1-11-3-4-12(2)14(9-11)17-15(10-18(19)20)13-5-7-16-8-6-13/h3-9,15,17H,10H2,1-2H3. The molecule has 1 atom stereocenters. The third-order valence-electron chi connectivity index (χ3n) is 3.16. The molecule has 20 heavy (non-hydrogen) atoms. The number of rotatable bonds is 5. The second kappa shape index (κ2) is 6.14. The van der Waals surface area contributed by atoms with Crippen LogP contribution in [0.4, 0.5) is 5.69 Å². The summed E-state index contributed by atoms with van der Waals surface area (Å²) in [5, 5.41) is 14.1. The van der Waals surface area contributed by atoms with E-state index in [0.717, 1.165) is 22.4 Å². The molecule has 5 nitrogen and oxygen atoms in total. The van der Waals surface area contributed by atoms with Crippen LogP contribution in [0, 0.1) is 24.0 Å². The molecule has 0 saturated heterocycles. The van der Waals surface area contributed by atoms with Gasteiger partial charge in [0, 0.05) is 23.0 Å². The molecule has 104 valence electrons. The van der Waals surface area contributed by atoms with Crippen LogP contribution < -0.4 is 5.32 Å². The lowest BCUT2D eigenvalue weighted by Gasteiger charge is -2.18. The van der Waals surface area contributed by atoms with Crippen LogP contribution in [0.25, 0.3) is 0 Å². The number of nitrogens with one attached hydrogen (secondary N) is 1. The molecule has 0 aliphatic carbocycles. The molecule has 0 aliphatic heterocycles. The maximum absolute atomic E-state index is 10.9. The number of benzene rings is 1. The number of nitrogens with zero attached hydrogens (tertiary/aromatic N) is 2. The van der Waals surface area contributed by atoms with Crippen molar-refractivity contribution in [3.05, 3.63) is 69.5 Å². The minimum absolute atomic E-state index is 0.169. The Bertz CT molecular complexity index is 599. The third kappa shape index (κ3) is 3.54. The fourth-order valence-electron chi connectivity index (χ4n) is 2.06. The van der Waals surface area contributed by atoms with Gasteiger partial charge in [-0.1, -0.05) is 12.1 Å². The van der Waals surface area contributed by atoms with E-state index >= 15 is 0 Å². The topological polar surface area (TPSA) is 68.1 Å².